The first-order chi connectivity index (χ1) is 31.8. The number of nitrogens with zero attached hydrogens (tertiary/aromatic N) is 5. The van der Waals surface area contributed by atoms with Gasteiger partial charge < -0.3 is 34.7 Å². The lowest BCUT2D eigenvalue weighted by molar-refractivity contribution is -0.166. The van der Waals surface area contributed by atoms with Gasteiger partial charge in [-0.05, 0) is 84.0 Å². The Hall–Kier alpha value is -5.76. The lowest BCUT2D eigenvalue weighted by atomic mass is 9.91. The van der Waals surface area contributed by atoms with Gasteiger partial charge in [0.25, 0.3) is 0 Å². The van der Waals surface area contributed by atoms with Crippen LogP contribution >= 0.6 is 11.3 Å². The van der Waals surface area contributed by atoms with Crippen molar-refractivity contribution in [2.24, 2.45) is 0 Å². The molecule has 358 valence electrons. The standard InChI is InChI=1S/C45H47F7N8O6S/c1-22(26-16-23(46)19-55-38(26)54)56-39-32-35(57-41(58-39)65-21-44-11-7-12-60(44)20-24(47)17-44)34(49)31(33(45(50,51)52)36(32)64-15-14-63-29-8-5-6-13-62-29)25-9-10-28(48)37-30(25)27(18-53)40(67-37)59-42(61)66-43(2,3)4/h9-10,16,19,22,24,29H,5-8,11-15,17,20-21H2,1-4H3,(H2,54,55)(H,59,61)(H,56,57,58)/t22-,24-,29?,44+/m1/s1. The molecular weight excluding hydrogens is 914 g/mol. The second-order valence-electron chi connectivity index (χ2n) is 17.7. The summed E-state index contributed by atoms with van der Waals surface area (Å²) in [5, 5.41) is 14.4. The first kappa shape index (κ1) is 47.7. The number of fused-ring (bicyclic) bond motifs is 3. The number of nitrogens with two attached hydrogens (primary N) is 1. The Bertz CT molecular complexity index is 2740. The third-order valence-corrected chi connectivity index (χ3v) is 12.9. The minimum absolute atomic E-state index is 0.0668. The highest BCUT2D eigenvalue weighted by Gasteiger charge is 2.50. The van der Waals surface area contributed by atoms with Crippen LogP contribution in [0, 0.1) is 28.8 Å². The van der Waals surface area contributed by atoms with E-state index in [9.17, 15) is 18.8 Å². The number of nitrogen functional groups attached to an aromatic ring is 1. The molecular formula is C45H47F7N8O6S. The van der Waals surface area contributed by atoms with Gasteiger partial charge >= 0.3 is 18.3 Å². The monoisotopic (exact) mass is 960 g/mol. The summed E-state index contributed by atoms with van der Waals surface area (Å²) in [5.74, 6) is -4.96. The maximum absolute atomic E-state index is 18.0. The molecule has 3 aliphatic rings. The Morgan fingerprint density at radius 2 is 1.91 bits per heavy atom. The summed E-state index contributed by atoms with van der Waals surface area (Å²) in [4.78, 5) is 27.5. The average Bonchev–Trinajstić information content (AvgIpc) is 3.92. The quantitative estimate of drug-likeness (QED) is 0.0751. The maximum atomic E-state index is 18.0. The zero-order valence-electron chi connectivity index (χ0n) is 36.8. The molecule has 2 aromatic carbocycles. The number of halogens is 7. The molecule has 0 aliphatic carbocycles. The van der Waals surface area contributed by atoms with E-state index in [4.69, 9.17) is 29.4 Å². The van der Waals surface area contributed by atoms with Crippen molar-refractivity contribution in [1.29, 1.82) is 5.26 Å². The molecule has 1 amide bonds. The van der Waals surface area contributed by atoms with Crippen molar-refractivity contribution < 1.29 is 59.2 Å². The van der Waals surface area contributed by atoms with Crippen LogP contribution in [0.1, 0.15) is 89.0 Å². The van der Waals surface area contributed by atoms with Gasteiger partial charge in [-0.1, -0.05) is 6.07 Å². The number of thiophene rings is 1. The van der Waals surface area contributed by atoms with Gasteiger partial charge in [-0.2, -0.15) is 28.4 Å². The Labute approximate surface area is 383 Å². The van der Waals surface area contributed by atoms with Crippen molar-refractivity contribution in [3.05, 3.63) is 58.5 Å². The highest BCUT2D eigenvalue weighted by molar-refractivity contribution is 7.23. The van der Waals surface area contributed by atoms with Crippen LogP contribution in [0.2, 0.25) is 0 Å². The number of anilines is 3. The van der Waals surface area contributed by atoms with Gasteiger partial charge in [-0.15, -0.1) is 11.3 Å². The number of alkyl halides is 4. The lowest BCUT2D eigenvalue weighted by Crippen LogP contribution is -2.43. The van der Waals surface area contributed by atoms with Crippen molar-refractivity contribution in [2.45, 2.75) is 102 Å². The molecule has 3 aliphatic heterocycles. The summed E-state index contributed by atoms with van der Waals surface area (Å²) >= 11 is 0.532. The number of nitriles is 1. The van der Waals surface area contributed by atoms with Crippen LogP contribution in [0.3, 0.4) is 0 Å². The fourth-order valence-corrected chi connectivity index (χ4v) is 10.1. The zero-order chi connectivity index (χ0) is 48.0. The van der Waals surface area contributed by atoms with Crippen molar-refractivity contribution >= 4 is 55.1 Å². The first-order valence-corrected chi connectivity index (χ1v) is 22.4. The Kier molecular flexibility index (Phi) is 13.3. The van der Waals surface area contributed by atoms with Crippen LogP contribution in [0.4, 0.5) is 52.2 Å². The molecule has 22 heteroatoms. The SMILES string of the molecule is C[C@@H](Nc1nc(OC[C@@]23CCCN2C[C@H](F)C3)nc2c(F)c(-c3ccc(F)c4sc(NC(=O)OC(C)(C)C)c(C#N)c34)c(C(F)(F)F)c(OCCOC3CCCCO3)c12)c1cc(F)cnc1N. The predicted octanol–water partition coefficient (Wildman–Crippen LogP) is 10.2. The molecule has 0 saturated carbocycles. The normalized spacial score (nSPS) is 20.4. The number of carbonyl (C=O) groups is 1. The molecule has 3 saturated heterocycles. The van der Waals surface area contributed by atoms with Crippen molar-refractivity contribution in [1.82, 2.24) is 19.9 Å². The molecule has 4 atom stereocenters. The van der Waals surface area contributed by atoms with Crippen molar-refractivity contribution in [3.63, 3.8) is 0 Å². The van der Waals surface area contributed by atoms with Crippen LogP contribution in [0.5, 0.6) is 11.8 Å². The van der Waals surface area contributed by atoms with Gasteiger partial charge in [0.1, 0.15) is 76.2 Å². The van der Waals surface area contributed by atoms with E-state index in [0.717, 1.165) is 43.7 Å². The molecule has 0 spiro atoms. The number of amides is 1. The molecule has 0 bridgehead atoms. The highest BCUT2D eigenvalue weighted by atomic mass is 32.1. The number of rotatable bonds is 13. The van der Waals surface area contributed by atoms with E-state index in [1.165, 1.54) is 6.92 Å². The number of benzene rings is 2. The molecule has 14 nitrogen and oxygen atoms in total. The summed E-state index contributed by atoms with van der Waals surface area (Å²) in [7, 11) is 0. The third kappa shape index (κ3) is 9.82. The number of hydrogen-bond acceptors (Lipinski definition) is 14. The van der Waals surface area contributed by atoms with E-state index in [2.05, 4.69) is 25.6 Å². The van der Waals surface area contributed by atoms with Gasteiger partial charge in [-0.3, -0.25) is 10.2 Å². The van der Waals surface area contributed by atoms with Crippen LogP contribution < -0.4 is 25.8 Å². The van der Waals surface area contributed by atoms with E-state index in [0.29, 0.717) is 37.3 Å². The lowest BCUT2D eigenvalue weighted by Gasteiger charge is -2.31. The molecule has 0 radical (unpaired) electrons. The number of carbonyl (C=O) groups excluding carboxylic acids is 1. The minimum atomic E-state index is -5.46. The predicted molar refractivity (Wildman–Crippen MR) is 234 cm³/mol. The molecule has 3 aromatic heterocycles. The van der Waals surface area contributed by atoms with Gasteiger partial charge in [0, 0.05) is 36.1 Å². The van der Waals surface area contributed by atoms with Crippen LogP contribution in [0.25, 0.3) is 32.1 Å². The topological polar surface area (TPSA) is 179 Å². The van der Waals surface area contributed by atoms with E-state index >= 15 is 22.0 Å². The minimum Gasteiger partial charge on any atom is -0.490 e. The fraction of sp³-hybridized carbons (Fsp3) is 0.489. The fourth-order valence-electron chi connectivity index (χ4n) is 9.00. The van der Waals surface area contributed by atoms with E-state index in [-0.39, 0.29) is 47.3 Å². The van der Waals surface area contributed by atoms with Crippen LogP contribution in [-0.2, 0) is 20.4 Å². The largest absolute Gasteiger partial charge is 0.490 e. The van der Waals surface area contributed by atoms with Gasteiger partial charge in [-0.25, -0.2) is 27.3 Å². The number of hydrogen-bond donors (Lipinski definition) is 3. The highest BCUT2D eigenvalue weighted by Crippen LogP contribution is 2.53. The maximum Gasteiger partial charge on any atom is 0.420 e. The summed E-state index contributed by atoms with van der Waals surface area (Å²) in [6.45, 7) is 6.38. The smallest absolute Gasteiger partial charge is 0.420 e. The van der Waals surface area contributed by atoms with Crippen LogP contribution in [0.15, 0.2) is 24.4 Å². The number of ether oxygens (including phenoxy) is 5. The molecule has 5 aromatic rings. The first-order valence-electron chi connectivity index (χ1n) is 21.6. The molecule has 8 rings (SSSR count). The number of aromatic nitrogens is 3. The second kappa shape index (κ2) is 18.7. The van der Waals surface area contributed by atoms with Gasteiger partial charge in [0.15, 0.2) is 12.1 Å². The van der Waals surface area contributed by atoms with Crippen molar-refractivity contribution in [2.75, 3.05) is 55.9 Å². The van der Waals surface area contributed by atoms with E-state index in [1.807, 2.05) is 11.0 Å². The summed E-state index contributed by atoms with van der Waals surface area (Å²) in [6.07, 6.45) is -3.90. The zero-order valence-corrected chi connectivity index (χ0v) is 37.7. The average molecular weight is 961 g/mol. The van der Waals surface area contributed by atoms with Gasteiger partial charge in [0.2, 0.25) is 0 Å². The molecule has 4 N–H and O–H groups in total. The Morgan fingerprint density at radius 1 is 1.12 bits per heavy atom. The summed E-state index contributed by atoms with van der Waals surface area (Å²) in [5.41, 5.74) is -0.336. The van der Waals surface area contributed by atoms with E-state index < -0.39 is 122 Å². The Balaban J connectivity index is 1.37. The third-order valence-electron chi connectivity index (χ3n) is 11.8. The molecule has 6 heterocycles. The Morgan fingerprint density at radius 3 is 2.63 bits per heavy atom. The van der Waals surface area contributed by atoms with E-state index in [1.54, 1.807) is 20.8 Å². The van der Waals surface area contributed by atoms with Crippen LogP contribution in [-0.4, -0.2) is 89.1 Å². The number of nitrogens with one attached hydrogen (secondary N) is 2. The number of pyridine rings is 1. The second-order valence-corrected chi connectivity index (χ2v) is 18.7. The molecule has 1 unspecified atom stereocenters. The van der Waals surface area contributed by atoms with Gasteiger partial charge in [0.05, 0.1) is 40.0 Å². The molecule has 67 heavy (non-hydrogen) atoms. The summed E-state index contributed by atoms with van der Waals surface area (Å²) < 4.78 is 140. The summed E-state index contributed by atoms with van der Waals surface area (Å²) in [6, 6.07) is 3.00. The molecule has 3 fully saturated rings. The van der Waals surface area contributed by atoms with Crippen molar-refractivity contribution in [3.8, 4) is 29.0 Å².